The number of methoxy groups -OCH3 is 1. The molecule has 0 radical (unpaired) electrons. The van der Waals surface area contributed by atoms with Crippen LogP contribution in [0.25, 0.3) is 22.3 Å². The number of hydrogen-bond donors (Lipinski definition) is 0. The van der Waals surface area contributed by atoms with Crippen LogP contribution in [-0.2, 0) is 13.0 Å². The number of ether oxygens (including phenoxy) is 1. The average Bonchev–Trinajstić information content (AvgIpc) is 2.74. The second kappa shape index (κ2) is 7.46. The van der Waals surface area contributed by atoms with Gasteiger partial charge in [-0.1, -0.05) is 42.5 Å². The van der Waals surface area contributed by atoms with E-state index < -0.39 is 0 Å². The number of para-hydroxylation sites is 1. The van der Waals surface area contributed by atoms with Gasteiger partial charge < -0.3 is 4.74 Å². The third-order valence-corrected chi connectivity index (χ3v) is 4.68. The summed E-state index contributed by atoms with van der Waals surface area (Å²) in [7, 11) is 1.64. The molecule has 0 atom stereocenters. The molecule has 4 aromatic rings. The maximum absolute atomic E-state index is 13.2. The predicted octanol–water partition coefficient (Wildman–Crippen LogP) is 4.31. The van der Waals surface area contributed by atoms with E-state index in [4.69, 9.17) is 9.72 Å². The van der Waals surface area contributed by atoms with Gasteiger partial charge in [0.15, 0.2) is 0 Å². The van der Waals surface area contributed by atoms with E-state index in [0.717, 1.165) is 17.7 Å². The van der Waals surface area contributed by atoms with Crippen LogP contribution in [0.15, 0.2) is 83.7 Å². The minimum absolute atomic E-state index is 0.0117. The lowest BCUT2D eigenvalue weighted by atomic mass is 10.1. The summed E-state index contributed by atoms with van der Waals surface area (Å²) in [6, 6.07) is 25.3. The van der Waals surface area contributed by atoms with Crippen LogP contribution in [0.2, 0.25) is 0 Å². The van der Waals surface area contributed by atoms with Gasteiger partial charge in [0.05, 0.1) is 18.0 Å². The maximum atomic E-state index is 13.2. The molecule has 0 aliphatic carbocycles. The van der Waals surface area contributed by atoms with Crippen LogP contribution in [0.5, 0.6) is 5.75 Å². The first-order valence-electron chi connectivity index (χ1n) is 8.94. The molecule has 4 heteroatoms. The summed E-state index contributed by atoms with van der Waals surface area (Å²) in [5.74, 6) is 1.45. The Morgan fingerprint density at radius 2 is 1.59 bits per heavy atom. The fraction of sp³-hybridized carbons (Fsp3) is 0.130. The standard InChI is InChI=1S/C23H20N2O2/c1-27-19-13-11-18(12-14-19)22-24-21-10-6-5-9-20(21)23(26)25(22)16-15-17-7-3-2-4-8-17/h2-14H,15-16H2,1H3. The second-order valence-corrected chi connectivity index (χ2v) is 6.37. The maximum Gasteiger partial charge on any atom is 0.261 e. The number of aryl methyl sites for hydroxylation is 1. The lowest BCUT2D eigenvalue weighted by Gasteiger charge is -2.14. The molecule has 4 rings (SSSR count). The van der Waals surface area contributed by atoms with Gasteiger partial charge in [-0.2, -0.15) is 0 Å². The summed E-state index contributed by atoms with van der Waals surface area (Å²) in [4.78, 5) is 18.0. The van der Waals surface area contributed by atoms with Crippen LogP contribution in [0.3, 0.4) is 0 Å². The number of benzene rings is 3. The Kier molecular flexibility index (Phi) is 4.71. The first-order chi connectivity index (χ1) is 13.3. The molecule has 3 aromatic carbocycles. The topological polar surface area (TPSA) is 44.1 Å². The number of hydrogen-bond acceptors (Lipinski definition) is 3. The third kappa shape index (κ3) is 3.47. The van der Waals surface area contributed by atoms with Crippen molar-refractivity contribution in [2.75, 3.05) is 7.11 Å². The normalized spacial score (nSPS) is 10.9. The molecule has 1 heterocycles. The molecule has 0 N–H and O–H groups in total. The molecule has 0 spiro atoms. The van der Waals surface area contributed by atoms with Crippen LogP contribution in [0.1, 0.15) is 5.56 Å². The van der Waals surface area contributed by atoms with Crippen LogP contribution in [-0.4, -0.2) is 16.7 Å². The van der Waals surface area contributed by atoms with Gasteiger partial charge in [0.1, 0.15) is 11.6 Å². The van der Waals surface area contributed by atoms with Crippen LogP contribution < -0.4 is 10.3 Å². The van der Waals surface area contributed by atoms with Crippen molar-refractivity contribution in [3.05, 3.63) is 94.8 Å². The monoisotopic (exact) mass is 356 g/mol. The van der Waals surface area contributed by atoms with Crippen molar-refractivity contribution in [2.45, 2.75) is 13.0 Å². The van der Waals surface area contributed by atoms with E-state index >= 15 is 0 Å². The molecule has 4 nitrogen and oxygen atoms in total. The van der Waals surface area contributed by atoms with Gasteiger partial charge in [0, 0.05) is 12.1 Å². The second-order valence-electron chi connectivity index (χ2n) is 6.37. The van der Waals surface area contributed by atoms with E-state index in [1.807, 2.05) is 66.7 Å². The minimum atomic E-state index is -0.0117. The minimum Gasteiger partial charge on any atom is -0.497 e. The molecule has 0 saturated carbocycles. The smallest absolute Gasteiger partial charge is 0.261 e. The van der Waals surface area contributed by atoms with Crippen LogP contribution >= 0.6 is 0 Å². The van der Waals surface area contributed by atoms with E-state index in [1.165, 1.54) is 5.56 Å². The van der Waals surface area contributed by atoms with Crippen molar-refractivity contribution in [3.63, 3.8) is 0 Å². The summed E-state index contributed by atoms with van der Waals surface area (Å²) in [6.07, 6.45) is 0.768. The first kappa shape index (κ1) is 17.0. The molecule has 0 unspecified atom stereocenters. The molecule has 0 bridgehead atoms. The first-order valence-corrected chi connectivity index (χ1v) is 8.94. The quantitative estimate of drug-likeness (QED) is 0.535. The summed E-state index contributed by atoms with van der Waals surface area (Å²) in [6.45, 7) is 0.571. The fourth-order valence-electron chi connectivity index (χ4n) is 3.22. The van der Waals surface area contributed by atoms with Crippen LogP contribution in [0, 0.1) is 0 Å². The molecule has 27 heavy (non-hydrogen) atoms. The molecular weight excluding hydrogens is 336 g/mol. The Labute approximate surface area is 157 Å². The Morgan fingerprint density at radius 3 is 2.33 bits per heavy atom. The molecule has 0 fully saturated rings. The van der Waals surface area contributed by atoms with Crippen molar-refractivity contribution in [2.24, 2.45) is 0 Å². The zero-order valence-corrected chi connectivity index (χ0v) is 15.1. The third-order valence-electron chi connectivity index (χ3n) is 4.68. The highest BCUT2D eigenvalue weighted by Crippen LogP contribution is 2.22. The molecule has 0 aliphatic heterocycles. The van der Waals surface area contributed by atoms with Gasteiger partial charge in [-0.25, -0.2) is 4.98 Å². The van der Waals surface area contributed by atoms with Gasteiger partial charge >= 0.3 is 0 Å². The molecule has 0 amide bonds. The average molecular weight is 356 g/mol. The summed E-state index contributed by atoms with van der Waals surface area (Å²) in [5.41, 5.74) is 2.79. The van der Waals surface area contributed by atoms with Crippen molar-refractivity contribution < 1.29 is 4.74 Å². The SMILES string of the molecule is COc1ccc(-c2nc3ccccc3c(=O)n2CCc2ccccc2)cc1. The fourth-order valence-corrected chi connectivity index (χ4v) is 3.22. The van der Waals surface area contributed by atoms with Crippen molar-refractivity contribution in [1.82, 2.24) is 9.55 Å². The van der Waals surface area contributed by atoms with E-state index in [-0.39, 0.29) is 5.56 Å². The van der Waals surface area contributed by atoms with Gasteiger partial charge in [-0.15, -0.1) is 0 Å². The molecular formula is C23H20N2O2. The Hall–Kier alpha value is -3.40. The van der Waals surface area contributed by atoms with Crippen molar-refractivity contribution >= 4 is 10.9 Å². The summed E-state index contributed by atoms with van der Waals surface area (Å²) < 4.78 is 7.02. The van der Waals surface area contributed by atoms with Crippen molar-refractivity contribution in [3.8, 4) is 17.1 Å². The zero-order chi connectivity index (χ0) is 18.6. The molecule has 134 valence electrons. The van der Waals surface area contributed by atoms with Gasteiger partial charge in [-0.05, 0) is 48.4 Å². The zero-order valence-electron chi connectivity index (χ0n) is 15.1. The van der Waals surface area contributed by atoms with E-state index in [2.05, 4.69) is 12.1 Å². The highest BCUT2D eigenvalue weighted by atomic mass is 16.5. The van der Waals surface area contributed by atoms with Crippen molar-refractivity contribution in [1.29, 1.82) is 0 Å². The van der Waals surface area contributed by atoms with Gasteiger partial charge in [0.2, 0.25) is 0 Å². The number of nitrogens with zero attached hydrogens (tertiary/aromatic N) is 2. The lowest BCUT2D eigenvalue weighted by molar-refractivity contribution is 0.415. The molecule has 1 aromatic heterocycles. The molecule has 0 saturated heterocycles. The van der Waals surface area contributed by atoms with E-state index in [1.54, 1.807) is 11.7 Å². The lowest BCUT2D eigenvalue weighted by Crippen LogP contribution is -2.24. The Balaban J connectivity index is 1.83. The highest BCUT2D eigenvalue weighted by molar-refractivity contribution is 5.79. The molecule has 0 aliphatic rings. The van der Waals surface area contributed by atoms with E-state index in [9.17, 15) is 4.79 Å². The van der Waals surface area contributed by atoms with Crippen LogP contribution in [0.4, 0.5) is 0 Å². The Morgan fingerprint density at radius 1 is 0.889 bits per heavy atom. The number of aromatic nitrogens is 2. The number of fused-ring (bicyclic) bond motifs is 1. The summed E-state index contributed by atoms with van der Waals surface area (Å²) in [5, 5.41) is 0.642. The van der Waals surface area contributed by atoms with Gasteiger partial charge in [0.25, 0.3) is 5.56 Å². The summed E-state index contributed by atoms with van der Waals surface area (Å²) >= 11 is 0. The number of rotatable bonds is 5. The predicted molar refractivity (Wildman–Crippen MR) is 108 cm³/mol. The highest BCUT2D eigenvalue weighted by Gasteiger charge is 2.13. The van der Waals surface area contributed by atoms with E-state index in [0.29, 0.717) is 23.3 Å². The van der Waals surface area contributed by atoms with Gasteiger partial charge in [-0.3, -0.25) is 9.36 Å². The Bertz CT molecular complexity index is 1120. The largest absolute Gasteiger partial charge is 0.497 e.